The Bertz CT molecular complexity index is 2120. The van der Waals surface area contributed by atoms with E-state index in [9.17, 15) is 9.59 Å². The first-order valence-electron chi connectivity index (χ1n) is 18.7. The van der Waals surface area contributed by atoms with Gasteiger partial charge in [0.25, 0.3) is 11.1 Å². The lowest BCUT2D eigenvalue weighted by Gasteiger charge is -2.32. The van der Waals surface area contributed by atoms with Gasteiger partial charge in [0, 0.05) is 69.1 Å². The van der Waals surface area contributed by atoms with Gasteiger partial charge in [-0.05, 0) is 82.5 Å². The number of piperidine rings is 2. The molecule has 0 atom stereocenters. The first-order valence-corrected chi connectivity index (χ1v) is 18.7. The van der Waals surface area contributed by atoms with Gasteiger partial charge in [-0.25, -0.2) is 0 Å². The molecule has 2 aliphatic heterocycles. The molecule has 14 heteroatoms. The van der Waals surface area contributed by atoms with Crippen LogP contribution in [0, 0.1) is 6.92 Å². The summed E-state index contributed by atoms with van der Waals surface area (Å²) in [4.78, 5) is 42.7. The van der Waals surface area contributed by atoms with Gasteiger partial charge in [0.05, 0.1) is 67.7 Å². The van der Waals surface area contributed by atoms with Crippen LogP contribution in [0.4, 0.5) is 0 Å². The first kappa shape index (κ1) is 38.8. The minimum atomic E-state index is -0.00797. The van der Waals surface area contributed by atoms with Gasteiger partial charge in [-0.3, -0.25) is 24.5 Å². The minimum Gasteiger partial charge on any atom is -0.495 e. The average Bonchev–Trinajstić information content (AvgIpc) is 3.20. The smallest absolute Gasteiger partial charge is 0.251 e. The van der Waals surface area contributed by atoms with Crippen molar-refractivity contribution < 1.29 is 14.2 Å². The molecule has 5 aromatic rings. The van der Waals surface area contributed by atoms with Crippen LogP contribution in [-0.2, 0) is 19.6 Å². The number of likely N-dealkylation sites (tertiary alicyclic amines) is 2. The molecule has 288 valence electrons. The molecule has 2 fully saturated rings. The Labute approximate surface area is 315 Å². The topological polar surface area (TPSA) is 155 Å². The maximum absolute atomic E-state index is 12.5. The van der Waals surface area contributed by atoms with Crippen LogP contribution in [0.3, 0.4) is 0 Å². The molecule has 7 heterocycles. The van der Waals surface area contributed by atoms with Crippen molar-refractivity contribution in [1.29, 1.82) is 0 Å². The molecular weight excluding hydrogens is 686 g/mol. The number of hydrogen-bond donors (Lipinski definition) is 2. The van der Waals surface area contributed by atoms with Gasteiger partial charge in [-0.2, -0.15) is 0 Å². The highest BCUT2D eigenvalue weighted by molar-refractivity contribution is 5.76. The summed E-state index contributed by atoms with van der Waals surface area (Å²) >= 11 is 0. The Balaban J connectivity index is 0.000000197. The molecule has 0 aromatic carbocycles. The second kappa shape index (κ2) is 18.4. The normalized spacial score (nSPS) is 15.9. The summed E-state index contributed by atoms with van der Waals surface area (Å²) < 4.78 is 19.4. The molecule has 14 nitrogen and oxygen atoms in total. The van der Waals surface area contributed by atoms with Crippen molar-refractivity contribution in [3.63, 3.8) is 0 Å². The minimum absolute atomic E-state index is 0.00346. The van der Waals surface area contributed by atoms with Crippen molar-refractivity contribution in [3.05, 3.63) is 93.0 Å². The fraction of sp³-hybridized carbons (Fsp3) is 0.475. The second-order valence-electron chi connectivity index (χ2n) is 14.0. The summed E-state index contributed by atoms with van der Waals surface area (Å²) in [6.45, 7) is 9.79. The van der Waals surface area contributed by atoms with Gasteiger partial charge in [0.2, 0.25) is 0 Å². The van der Waals surface area contributed by atoms with Crippen molar-refractivity contribution >= 4 is 22.1 Å². The number of nitrogens with two attached hydrogens (primary N) is 1. The third-order valence-electron chi connectivity index (χ3n) is 10.5. The van der Waals surface area contributed by atoms with Gasteiger partial charge in [0.1, 0.15) is 17.2 Å². The molecule has 5 aromatic heterocycles. The Morgan fingerprint density at radius 1 is 0.685 bits per heavy atom. The second-order valence-corrected chi connectivity index (χ2v) is 14.0. The summed E-state index contributed by atoms with van der Waals surface area (Å²) in [6.07, 6.45) is 9.35. The van der Waals surface area contributed by atoms with E-state index in [0.717, 1.165) is 111 Å². The van der Waals surface area contributed by atoms with E-state index >= 15 is 0 Å². The summed E-state index contributed by atoms with van der Waals surface area (Å²) in [5, 5.41) is 3.64. The highest BCUT2D eigenvalue weighted by Gasteiger charge is 2.20. The van der Waals surface area contributed by atoms with Gasteiger partial charge in [-0.15, -0.1) is 0 Å². The highest BCUT2D eigenvalue weighted by Crippen LogP contribution is 2.20. The Morgan fingerprint density at radius 3 is 1.69 bits per heavy atom. The van der Waals surface area contributed by atoms with Crippen LogP contribution in [-0.4, -0.2) is 107 Å². The molecule has 0 aliphatic carbocycles. The van der Waals surface area contributed by atoms with E-state index < -0.39 is 0 Å². The Hall–Kier alpha value is -4.89. The molecule has 0 radical (unpaired) electrons. The van der Waals surface area contributed by atoms with Crippen LogP contribution >= 0.6 is 0 Å². The predicted molar refractivity (Wildman–Crippen MR) is 211 cm³/mol. The van der Waals surface area contributed by atoms with Crippen molar-refractivity contribution in [2.75, 3.05) is 60.6 Å². The zero-order valence-electron chi connectivity index (χ0n) is 31.9. The van der Waals surface area contributed by atoms with Crippen molar-refractivity contribution in [2.45, 2.75) is 64.3 Å². The van der Waals surface area contributed by atoms with E-state index in [1.165, 1.54) is 0 Å². The largest absolute Gasteiger partial charge is 0.495 e. The molecule has 0 saturated carbocycles. The first-order chi connectivity index (χ1) is 26.2. The van der Waals surface area contributed by atoms with E-state index in [0.29, 0.717) is 36.7 Å². The molecule has 54 heavy (non-hydrogen) atoms. The summed E-state index contributed by atoms with van der Waals surface area (Å²) in [5.41, 5.74) is 11.3. The summed E-state index contributed by atoms with van der Waals surface area (Å²) in [7, 11) is 4.88. The third kappa shape index (κ3) is 9.80. The van der Waals surface area contributed by atoms with E-state index in [1.54, 1.807) is 73.3 Å². The zero-order valence-corrected chi connectivity index (χ0v) is 31.9. The monoisotopic (exact) mass is 739 g/mol. The number of fused-ring (bicyclic) bond motifs is 2. The number of rotatable bonds is 12. The molecule has 0 spiro atoms. The van der Waals surface area contributed by atoms with Gasteiger partial charge >= 0.3 is 0 Å². The number of pyridine rings is 5. The van der Waals surface area contributed by atoms with Gasteiger partial charge in [0.15, 0.2) is 0 Å². The summed E-state index contributed by atoms with van der Waals surface area (Å²) in [5.74, 6) is 2.14. The van der Waals surface area contributed by atoms with Crippen LogP contribution < -0.4 is 36.4 Å². The van der Waals surface area contributed by atoms with E-state index in [1.807, 2.05) is 19.1 Å². The lowest BCUT2D eigenvalue weighted by Crippen LogP contribution is -2.43. The number of nitrogens with zero attached hydrogens (tertiary/aromatic N) is 7. The maximum atomic E-state index is 12.5. The molecule has 2 saturated heterocycles. The molecular formula is C40H53N9O5. The number of methoxy groups -OCH3 is 3. The number of aromatic nitrogens is 5. The Kier molecular flexibility index (Phi) is 13.3. The Morgan fingerprint density at radius 2 is 1.20 bits per heavy atom. The SMILES string of the molecule is COc1cnc2ccc(=O)n(CCN3CCC(N)CC3)c2c1.COc1cnc2ccc(=O)n(CCN3CCC(NCc4cc(C)c(OC)cn4)CC3)c2c1. The standard InChI is InChI=1S/C24H31N5O3.C16H22N4O2/c1-17-12-19(26-16-23(17)32-3)14-25-18-6-8-28(9-7-18)10-11-29-22-13-20(31-2)15-27-21(22)4-5-24(29)30;1-22-13-10-15-14(18-11-13)2-3-16(21)20(15)9-8-19-6-4-12(17)5-7-19/h4-5,12-13,15-16,18,25H,6-11,14H2,1-3H3;2-3,10-12H,4-9,17H2,1H3. The fourth-order valence-electron chi connectivity index (χ4n) is 7.16. The summed E-state index contributed by atoms with van der Waals surface area (Å²) in [6, 6.07) is 13.3. The molecule has 0 bridgehead atoms. The van der Waals surface area contributed by atoms with E-state index in [4.69, 9.17) is 19.9 Å². The molecule has 0 unspecified atom stereocenters. The van der Waals surface area contributed by atoms with Gasteiger partial charge < -0.3 is 44.2 Å². The van der Waals surface area contributed by atoms with Crippen LogP contribution in [0.15, 0.2) is 70.6 Å². The van der Waals surface area contributed by atoms with Crippen molar-refractivity contribution in [3.8, 4) is 17.2 Å². The van der Waals surface area contributed by atoms with Crippen molar-refractivity contribution in [1.82, 2.24) is 39.2 Å². The highest BCUT2D eigenvalue weighted by atomic mass is 16.5. The lowest BCUT2D eigenvalue weighted by molar-refractivity contribution is 0.191. The van der Waals surface area contributed by atoms with Crippen LogP contribution in [0.25, 0.3) is 22.1 Å². The van der Waals surface area contributed by atoms with Crippen molar-refractivity contribution in [2.24, 2.45) is 5.73 Å². The molecule has 2 aliphatic rings. The van der Waals surface area contributed by atoms with E-state index in [2.05, 4.69) is 36.1 Å². The fourth-order valence-corrected chi connectivity index (χ4v) is 7.16. The quantitative estimate of drug-likeness (QED) is 0.193. The maximum Gasteiger partial charge on any atom is 0.251 e. The average molecular weight is 740 g/mol. The third-order valence-corrected chi connectivity index (χ3v) is 10.5. The van der Waals surface area contributed by atoms with Gasteiger partial charge in [-0.1, -0.05) is 0 Å². The van der Waals surface area contributed by atoms with Crippen LogP contribution in [0.5, 0.6) is 17.2 Å². The number of hydrogen-bond acceptors (Lipinski definition) is 12. The van der Waals surface area contributed by atoms with E-state index in [-0.39, 0.29) is 11.1 Å². The zero-order chi connectivity index (χ0) is 38.0. The van der Waals surface area contributed by atoms with Crippen LogP contribution in [0.1, 0.15) is 36.9 Å². The predicted octanol–water partition coefficient (Wildman–Crippen LogP) is 3.20. The number of nitrogens with one attached hydrogen (secondary N) is 1. The molecule has 7 rings (SSSR count). The lowest BCUT2D eigenvalue weighted by atomic mass is 10.0. The number of ether oxygens (including phenoxy) is 3. The van der Waals surface area contributed by atoms with Crippen LogP contribution in [0.2, 0.25) is 0 Å². The molecule has 0 amide bonds. The number of aryl methyl sites for hydroxylation is 1. The molecule has 3 N–H and O–H groups in total.